The van der Waals surface area contributed by atoms with Gasteiger partial charge in [-0.05, 0) is 17.7 Å². The van der Waals surface area contributed by atoms with Crippen LogP contribution in [0.25, 0.3) is 0 Å². The molecule has 5 heteroatoms. The molecule has 0 spiro atoms. The molecule has 1 aromatic rings. The summed E-state index contributed by atoms with van der Waals surface area (Å²) in [7, 11) is -2.84. The zero-order chi connectivity index (χ0) is 14.5. The maximum atomic E-state index is 12.3. The molecule has 2 atom stereocenters. The summed E-state index contributed by atoms with van der Waals surface area (Å²) in [6, 6.07) is 13.4. The molecule has 1 amide bonds. The number of β-lactam (4-membered cyclic amide) rings is 1. The predicted octanol–water partition coefficient (Wildman–Crippen LogP) is 2.95. The fourth-order valence-electron chi connectivity index (χ4n) is 3.99. The number of carbonyl (C=O) groups is 1. The van der Waals surface area contributed by atoms with Crippen molar-refractivity contribution in [2.75, 3.05) is 0 Å². The fraction of sp³-hybridized carbons (Fsp3) is 0.533. The molecule has 0 bridgehead atoms. The second kappa shape index (κ2) is 4.54. The van der Waals surface area contributed by atoms with E-state index in [1.165, 1.54) is 17.7 Å². The van der Waals surface area contributed by atoms with Crippen LogP contribution in [0.1, 0.15) is 11.6 Å². The van der Waals surface area contributed by atoms with Crippen LogP contribution in [-0.4, -0.2) is 32.7 Å². The third-order valence-corrected chi connectivity index (χ3v) is 15.2. The number of hydrogen-bond acceptors (Lipinski definition) is 2. The lowest BCUT2D eigenvalue weighted by Gasteiger charge is -2.52. The Morgan fingerprint density at radius 1 is 1.05 bits per heavy atom. The molecule has 0 aliphatic carbocycles. The minimum absolute atomic E-state index is 0.0863. The van der Waals surface area contributed by atoms with E-state index in [0.29, 0.717) is 0 Å². The average Bonchev–Trinajstić information content (AvgIpc) is 2.60. The molecular weight excluding hydrogens is 280 g/mol. The maximum absolute atomic E-state index is 12.3. The fourth-order valence-corrected chi connectivity index (χ4v) is 18.6. The quantitative estimate of drug-likeness (QED) is 0.673. The van der Waals surface area contributed by atoms with Crippen molar-refractivity contribution < 1.29 is 4.79 Å². The molecule has 2 unspecified atom stereocenters. The molecule has 2 fully saturated rings. The van der Waals surface area contributed by atoms with Gasteiger partial charge in [0.05, 0.1) is 6.04 Å². The molecule has 0 radical (unpaired) electrons. The molecule has 2 aliphatic heterocycles. The van der Waals surface area contributed by atoms with E-state index in [1.807, 2.05) is 6.07 Å². The highest BCUT2D eigenvalue weighted by Crippen LogP contribution is 2.43. The minimum Gasteiger partial charge on any atom is -0.346 e. The number of amides is 1. The first kappa shape index (κ1) is 14.0. The van der Waals surface area contributed by atoms with Gasteiger partial charge in [0, 0.05) is 0 Å². The van der Waals surface area contributed by atoms with Gasteiger partial charge in [0.25, 0.3) is 0 Å². The molecular formula is C15H24N2OSi2. The molecule has 20 heavy (non-hydrogen) atoms. The first-order chi connectivity index (χ1) is 9.33. The van der Waals surface area contributed by atoms with Crippen molar-refractivity contribution in [2.45, 2.75) is 50.4 Å². The molecule has 3 nitrogen and oxygen atoms in total. The van der Waals surface area contributed by atoms with Gasteiger partial charge in [0.1, 0.15) is 22.5 Å². The SMILES string of the molecule is C[Si]1(C)CC[Si](C)(C)N1C1C(=O)NC1c1ccccc1. The summed E-state index contributed by atoms with van der Waals surface area (Å²) in [5.74, 6) is 0.238. The minimum atomic E-state index is -1.42. The van der Waals surface area contributed by atoms with E-state index in [-0.39, 0.29) is 18.0 Å². The Morgan fingerprint density at radius 2 is 1.60 bits per heavy atom. The number of nitrogens with zero attached hydrogens (tertiary/aromatic N) is 1. The topological polar surface area (TPSA) is 32.3 Å². The Morgan fingerprint density at radius 3 is 2.10 bits per heavy atom. The van der Waals surface area contributed by atoms with E-state index >= 15 is 0 Å². The summed E-state index contributed by atoms with van der Waals surface area (Å²) in [4.78, 5) is 12.3. The molecule has 1 aromatic carbocycles. The number of carbonyl (C=O) groups excluding carboxylic acids is 1. The van der Waals surface area contributed by atoms with Gasteiger partial charge in [-0.2, -0.15) is 0 Å². The summed E-state index contributed by atoms with van der Waals surface area (Å²) in [6.45, 7) is 9.73. The first-order valence-corrected chi connectivity index (χ1v) is 13.8. The molecule has 0 aromatic heterocycles. The van der Waals surface area contributed by atoms with Crippen LogP contribution in [0.5, 0.6) is 0 Å². The highest BCUT2D eigenvalue weighted by atomic mass is 28.4. The van der Waals surface area contributed by atoms with Crippen molar-refractivity contribution in [3.05, 3.63) is 35.9 Å². The lowest BCUT2D eigenvalue weighted by Crippen LogP contribution is -2.72. The Labute approximate surface area is 123 Å². The van der Waals surface area contributed by atoms with E-state index in [0.717, 1.165) is 0 Å². The third-order valence-electron chi connectivity index (χ3n) is 4.97. The summed E-state index contributed by atoms with van der Waals surface area (Å²) in [6.07, 6.45) is 0. The van der Waals surface area contributed by atoms with Gasteiger partial charge in [0.15, 0.2) is 0 Å². The van der Waals surface area contributed by atoms with Crippen LogP contribution in [0.2, 0.25) is 38.3 Å². The molecule has 0 saturated carbocycles. The third kappa shape index (κ3) is 2.08. The zero-order valence-corrected chi connectivity index (χ0v) is 14.8. The van der Waals surface area contributed by atoms with Gasteiger partial charge < -0.3 is 9.55 Å². The lowest BCUT2D eigenvalue weighted by molar-refractivity contribution is -0.133. The predicted molar refractivity (Wildman–Crippen MR) is 87.5 cm³/mol. The van der Waals surface area contributed by atoms with E-state index in [9.17, 15) is 4.79 Å². The van der Waals surface area contributed by atoms with E-state index in [2.05, 4.69) is 60.0 Å². The lowest BCUT2D eigenvalue weighted by atomic mass is 9.92. The van der Waals surface area contributed by atoms with Gasteiger partial charge in [0.2, 0.25) is 5.91 Å². The smallest absolute Gasteiger partial charge is 0.239 e. The molecule has 108 valence electrons. The Hall–Kier alpha value is -0.916. The summed E-state index contributed by atoms with van der Waals surface area (Å²) >= 11 is 0. The highest BCUT2D eigenvalue weighted by Gasteiger charge is 2.57. The van der Waals surface area contributed by atoms with Crippen LogP contribution in [0, 0.1) is 0 Å². The van der Waals surface area contributed by atoms with Crippen molar-refractivity contribution in [1.82, 2.24) is 9.55 Å². The number of hydrogen-bond donors (Lipinski definition) is 1. The molecule has 2 saturated heterocycles. The number of nitrogens with one attached hydrogen (secondary N) is 1. The van der Waals surface area contributed by atoms with Crippen molar-refractivity contribution >= 4 is 22.4 Å². The monoisotopic (exact) mass is 304 g/mol. The molecule has 1 N–H and O–H groups in total. The average molecular weight is 305 g/mol. The highest BCUT2D eigenvalue weighted by molar-refractivity contribution is 6.95. The second-order valence-corrected chi connectivity index (χ2v) is 17.0. The van der Waals surface area contributed by atoms with Crippen LogP contribution in [0.15, 0.2) is 30.3 Å². The molecule has 3 rings (SSSR count). The van der Waals surface area contributed by atoms with Crippen molar-refractivity contribution in [1.29, 1.82) is 0 Å². The molecule has 2 heterocycles. The summed E-state index contributed by atoms with van der Waals surface area (Å²) in [5, 5.41) is 3.13. The Bertz CT molecular complexity index is 514. The van der Waals surface area contributed by atoms with Crippen molar-refractivity contribution in [3.63, 3.8) is 0 Å². The molecule has 2 aliphatic rings. The van der Waals surface area contributed by atoms with Crippen molar-refractivity contribution in [2.24, 2.45) is 0 Å². The van der Waals surface area contributed by atoms with Gasteiger partial charge in [-0.3, -0.25) is 4.79 Å². The van der Waals surface area contributed by atoms with Crippen LogP contribution < -0.4 is 5.32 Å². The van der Waals surface area contributed by atoms with E-state index in [4.69, 9.17) is 0 Å². The van der Waals surface area contributed by atoms with Crippen LogP contribution in [0.3, 0.4) is 0 Å². The largest absolute Gasteiger partial charge is 0.346 e. The van der Waals surface area contributed by atoms with Gasteiger partial charge >= 0.3 is 0 Å². The zero-order valence-electron chi connectivity index (χ0n) is 12.8. The summed E-state index contributed by atoms with van der Waals surface area (Å²) in [5.41, 5.74) is 1.25. The second-order valence-electron chi connectivity index (χ2n) is 7.34. The van der Waals surface area contributed by atoms with Gasteiger partial charge in [-0.15, -0.1) is 0 Å². The number of benzene rings is 1. The van der Waals surface area contributed by atoms with Crippen LogP contribution in [0.4, 0.5) is 0 Å². The maximum Gasteiger partial charge on any atom is 0.239 e. The van der Waals surface area contributed by atoms with E-state index < -0.39 is 16.5 Å². The number of rotatable bonds is 2. The normalized spacial score (nSPS) is 31.7. The van der Waals surface area contributed by atoms with Crippen LogP contribution in [-0.2, 0) is 4.79 Å². The van der Waals surface area contributed by atoms with E-state index in [1.54, 1.807) is 0 Å². The van der Waals surface area contributed by atoms with Crippen molar-refractivity contribution in [3.8, 4) is 0 Å². The van der Waals surface area contributed by atoms with Gasteiger partial charge in [-0.1, -0.05) is 56.5 Å². The first-order valence-electron chi connectivity index (χ1n) is 7.48. The Kier molecular flexibility index (Phi) is 3.19. The summed E-state index contributed by atoms with van der Waals surface area (Å²) < 4.78 is 2.72. The van der Waals surface area contributed by atoms with Crippen LogP contribution >= 0.6 is 0 Å². The standard InChI is InChI=1S/C15H24N2OSi2/c1-19(2)10-11-20(3,4)17(19)14-13(16-15(14)18)12-8-6-5-7-9-12/h5-9,13-14H,10-11H2,1-4H3,(H,16,18). The Balaban J connectivity index is 1.94. The van der Waals surface area contributed by atoms with Gasteiger partial charge in [-0.25, -0.2) is 0 Å².